The fraction of sp³-hybridized carbons (Fsp3) is 0.765. The fourth-order valence-electron chi connectivity index (χ4n) is 4.04. The third kappa shape index (κ3) is 3.52. The number of aromatic nitrogens is 2. The molecule has 1 aromatic heterocycles. The minimum Gasteiger partial charge on any atom is -0.356 e. The van der Waals surface area contributed by atoms with Gasteiger partial charge in [-0.05, 0) is 32.6 Å². The molecule has 0 bridgehead atoms. The first-order chi connectivity index (χ1) is 12.5. The van der Waals surface area contributed by atoms with E-state index >= 15 is 0 Å². The molecule has 26 heavy (non-hydrogen) atoms. The normalized spacial score (nSPS) is 23.1. The van der Waals surface area contributed by atoms with Crippen molar-refractivity contribution in [2.45, 2.75) is 32.6 Å². The smallest absolute Gasteiger partial charge is 0.282 e. The van der Waals surface area contributed by atoms with Crippen LogP contribution in [0.3, 0.4) is 0 Å². The Kier molecular flexibility index (Phi) is 5.02. The first kappa shape index (κ1) is 17.9. The lowest BCUT2D eigenvalue weighted by molar-refractivity contribution is 0.343. The summed E-state index contributed by atoms with van der Waals surface area (Å²) in [6, 6.07) is 2.06. The van der Waals surface area contributed by atoms with Gasteiger partial charge in [0.05, 0.1) is 0 Å². The molecule has 8 nitrogen and oxygen atoms in total. The van der Waals surface area contributed by atoms with Crippen LogP contribution in [-0.4, -0.2) is 79.4 Å². The lowest BCUT2D eigenvalue weighted by atomic mass is 10.3. The highest BCUT2D eigenvalue weighted by molar-refractivity contribution is 7.86. The predicted octanol–water partition coefficient (Wildman–Crippen LogP) is 0.848. The molecule has 9 heteroatoms. The average Bonchev–Trinajstić information content (AvgIpc) is 3.35. The maximum Gasteiger partial charge on any atom is 0.282 e. The Hall–Kier alpha value is -1.45. The summed E-state index contributed by atoms with van der Waals surface area (Å²) in [6.07, 6.45) is 4.37. The van der Waals surface area contributed by atoms with Gasteiger partial charge in [0.15, 0.2) is 0 Å². The van der Waals surface area contributed by atoms with E-state index < -0.39 is 10.2 Å². The van der Waals surface area contributed by atoms with Crippen LogP contribution in [0.15, 0.2) is 6.07 Å². The van der Waals surface area contributed by atoms with E-state index in [1.165, 1.54) is 12.8 Å². The first-order valence-corrected chi connectivity index (χ1v) is 11.0. The molecule has 4 rings (SSSR count). The minimum absolute atomic E-state index is 0.515. The molecule has 0 amide bonds. The molecule has 0 aromatic carbocycles. The molecular weight excluding hydrogens is 352 g/mol. The molecule has 3 fully saturated rings. The van der Waals surface area contributed by atoms with Gasteiger partial charge in [0.25, 0.3) is 10.2 Å². The molecule has 0 N–H and O–H groups in total. The topological polar surface area (TPSA) is 72.9 Å². The Labute approximate surface area is 156 Å². The minimum atomic E-state index is -3.30. The molecule has 3 saturated heterocycles. The summed E-state index contributed by atoms with van der Waals surface area (Å²) in [7, 11) is -3.30. The van der Waals surface area contributed by atoms with Crippen LogP contribution in [-0.2, 0) is 10.2 Å². The lowest BCUT2D eigenvalue weighted by Crippen LogP contribution is -2.52. The van der Waals surface area contributed by atoms with Crippen LogP contribution in [0.25, 0.3) is 0 Å². The van der Waals surface area contributed by atoms with Crippen molar-refractivity contribution in [3.8, 4) is 0 Å². The van der Waals surface area contributed by atoms with E-state index in [0.717, 1.165) is 43.4 Å². The molecule has 4 heterocycles. The number of piperazine rings is 1. The Morgan fingerprint density at radius 2 is 1.19 bits per heavy atom. The predicted molar refractivity (Wildman–Crippen MR) is 102 cm³/mol. The van der Waals surface area contributed by atoms with Gasteiger partial charge in [0, 0.05) is 58.4 Å². The summed E-state index contributed by atoms with van der Waals surface area (Å²) in [5.74, 6) is 2.69. The zero-order valence-electron chi connectivity index (χ0n) is 15.5. The van der Waals surface area contributed by atoms with Gasteiger partial charge < -0.3 is 9.80 Å². The van der Waals surface area contributed by atoms with Crippen molar-refractivity contribution in [3.63, 3.8) is 0 Å². The van der Waals surface area contributed by atoms with E-state index in [9.17, 15) is 8.42 Å². The van der Waals surface area contributed by atoms with Gasteiger partial charge in [-0.25, -0.2) is 9.97 Å². The van der Waals surface area contributed by atoms with Crippen molar-refractivity contribution in [2.24, 2.45) is 0 Å². The van der Waals surface area contributed by atoms with Crippen molar-refractivity contribution < 1.29 is 8.42 Å². The van der Waals surface area contributed by atoms with Crippen LogP contribution >= 0.6 is 0 Å². The fourth-order valence-corrected chi connectivity index (χ4v) is 5.71. The maximum atomic E-state index is 12.7. The van der Waals surface area contributed by atoms with E-state index in [2.05, 4.69) is 25.8 Å². The molecule has 0 unspecified atom stereocenters. The van der Waals surface area contributed by atoms with Gasteiger partial charge in [0.2, 0.25) is 0 Å². The highest BCUT2D eigenvalue weighted by Gasteiger charge is 2.34. The van der Waals surface area contributed by atoms with Crippen LogP contribution < -0.4 is 9.80 Å². The summed E-state index contributed by atoms with van der Waals surface area (Å²) < 4.78 is 28.7. The number of nitrogens with zero attached hydrogens (tertiary/aromatic N) is 6. The largest absolute Gasteiger partial charge is 0.356 e. The number of hydrogen-bond donors (Lipinski definition) is 0. The van der Waals surface area contributed by atoms with E-state index in [1.54, 1.807) is 8.61 Å². The molecule has 144 valence electrons. The second-order valence-electron chi connectivity index (χ2n) is 7.33. The van der Waals surface area contributed by atoms with Crippen molar-refractivity contribution >= 4 is 21.8 Å². The van der Waals surface area contributed by atoms with Gasteiger partial charge >= 0.3 is 0 Å². The molecular formula is C17H28N6O2S. The highest BCUT2D eigenvalue weighted by Crippen LogP contribution is 2.24. The van der Waals surface area contributed by atoms with E-state index in [-0.39, 0.29) is 0 Å². The van der Waals surface area contributed by atoms with Gasteiger partial charge in [-0.3, -0.25) is 0 Å². The third-order valence-corrected chi connectivity index (χ3v) is 7.56. The maximum absolute atomic E-state index is 12.7. The van der Waals surface area contributed by atoms with E-state index in [4.69, 9.17) is 0 Å². The van der Waals surface area contributed by atoms with E-state index in [0.29, 0.717) is 39.3 Å². The molecule has 0 atom stereocenters. The second kappa shape index (κ2) is 7.28. The van der Waals surface area contributed by atoms with Crippen molar-refractivity contribution in [2.75, 3.05) is 62.2 Å². The van der Waals surface area contributed by atoms with Crippen molar-refractivity contribution in [1.29, 1.82) is 0 Å². The standard InChI is InChI=1S/C17H28N6O2S/c1-15-18-16(20-6-2-3-7-20)14-17(19-15)21-10-12-23(13-11-21)26(24,25)22-8-4-5-9-22/h14H,2-13H2,1H3. The quantitative estimate of drug-likeness (QED) is 0.771. The molecule has 0 spiro atoms. The average molecular weight is 381 g/mol. The van der Waals surface area contributed by atoms with Crippen LogP contribution in [0.1, 0.15) is 31.5 Å². The lowest BCUT2D eigenvalue weighted by Gasteiger charge is -2.36. The van der Waals surface area contributed by atoms with Crippen LogP contribution in [0.4, 0.5) is 11.6 Å². The van der Waals surface area contributed by atoms with Crippen molar-refractivity contribution in [1.82, 2.24) is 18.6 Å². The second-order valence-corrected chi connectivity index (χ2v) is 9.25. The van der Waals surface area contributed by atoms with E-state index in [1.807, 2.05) is 6.92 Å². The highest BCUT2D eigenvalue weighted by atomic mass is 32.2. The Bertz CT molecular complexity index is 736. The number of anilines is 2. The summed E-state index contributed by atoms with van der Waals surface area (Å²) >= 11 is 0. The monoisotopic (exact) mass is 380 g/mol. The summed E-state index contributed by atoms with van der Waals surface area (Å²) in [4.78, 5) is 13.7. The summed E-state index contributed by atoms with van der Waals surface area (Å²) in [5.41, 5.74) is 0. The molecule has 0 radical (unpaired) electrons. The molecule has 1 aromatic rings. The van der Waals surface area contributed by atoms with Crippen LogP contribution in [0, 0.1) is 6.92 Å². The van der Waals surface area contributed by atoms with Gasteiger partial charge in [-0.2, -0.15) is 17.0 Å². The Morgan fingerprint density at radius 1 is 0.731 bits per heavy atom. The zero-order chi connectivity index (χ0) is 18.1. The molecule has 0 aliphatic carbocycles. The molecule has 0 saturated carbocycles. The van der Waals surface area contributed by atoms with Gasteiger partial charge in [-0.1, -0.05) is 0 Å². The zero-order valence-corrected chi connectivity index (χ0v) is 16.3. The number of rotatable bonds is 4. The van der Waals surface area contributed by atoms with Gasteiger partial charge in [-0.15, -0.1) is 0 Å². The summed E-state index contributed by atoms with van der Waals surface area (Å²) in [5, 5.41) is 0. The number of hydrogen-bond acceptors (Lipinski definition) is 6. The molecule has 3 aliphatic heterocycles. The SMILES string of the molecule is Cc1nc(N2CCCC2)cc(N2CCN(S(=O)(=O)N3CCCC3)CC2)n1. The first-order valence-electron chi connectivity index (χ1n) is 9.65. The van der Waals surface area contributed by atoms with Gasteiger partial charge in [0.1, 0.15) is 17.5 Å². The Morgan fingerprint density at radius 3 is 1.77 bits per heavy atom. The van der Waals surface area contributed by atoms with Crippen LogP contribution in [0.2, 0.25) is 0 Å². The third-order valence-electron chi connectivity index (χ3n) is 5.52. The molecule has 3 aliphatic rings. The number of aryl methyl sites for hydroxylation is 1. The Balaban J connectivity index is 1.44. The summed E-state index contributed by atoms with van der Waals surface area (Å²) in [6.45, 7) is 7.72. The van der Waals surface area contributed by atoms with Crippen molar-refractivity contribution in [3.05, 3.63) is 11.9 Å². The van der Waals surface area contributed by atoms with Crippen LogP contribution in [0.5, 0.6) is 0 Å².